The van der Waals surface area contributed by atoms with Gasteiger partial charge in [0, 0.05) is 0 Å². The maximum atomic E-state index is 9.61. The summed E-state index contributed by atoms with van der Waals surface area (Å²) in [7, 11) is 1.63. The lowest BCUT2D eigenvalue weighted by molar-refractivity contribution is -0.135. The Balaban J connectivity index is 2.06. The van der Waals surface area contributed by atoms with Gasteiger partial charge in [-0.05, 0) is 30.5 Å². The first kappa shape index (κ1) is 12.4. The lowest BCUT2D eigenvalue weighted by Gasteiger charge is -2.33. The molecule has 2 N–H and O–H groups in total. The van der Waals surface area contributed by atoms with E-state index in [4.69, 9.17) is 14.6 Å². The van der Waals surface area contributed by atoms with Gasteiger partial charge in [-0.2, -0.15) is 0 Å². The maximum absolute atomic E-state index is 9.61. The molecule has 94 valence electrons. The average molecular weight is 238 g/mol. The molecule has 0 aromatic heterocycles. The normalized spacial score (nSPS) is 29.0. The molecule has 0 aliphatic carbocycles. The van der Waals surface area contributed by atoms with Gasteiger partial charge in [-0.25, -0.2) is 0 Å². The minimum Gasteiger partial charge on any atom is -0.497 e. The quantitative estimate of drug-likeness (QED) is 0.832. The number of ether oxygens (including phenoxy) is 2. The van der Waals surface area contributed by atoms with Gasteiger partial charge in [-0.15, -0.1) is 0 Å². The van der Waals surface area contributed by atoms with Gasteiger partial charge in [0.1, 0.15) is 11.9 Å². The largest absolute Gasteiger partial charge is 0.497 e. The Kier molecular flexibility index (Phi) is 3.99. The van der Waals surface area contributed by atoms with Crippen molar-refractivity contribution in [2.45, 2.75) is 31.2 Å². The van der Waals surface area contributed by atoms with Crippen LogP contribution >= 0.6 is 0 Å². The zero-order valence-electron chi connectivity index (χ0n) is 9.87. The molecule has 0 bridgehead atoms. The summed E-state index contributed by atoms with van der Waals surface area (Å²) in [6.45, 7) is -0.145. The summed E-state index contributed by atoms with van der Waals surface area (Å²) < 4.78 is 10.8. The van der Waals surface area contributed by atoms with Gasteiger partial charge in [0.15, 0.2) is 0 Å². The highest BCUT2D eigenvalue weighted by Crippen LogP contribution is 2.32. The van der Waals surface area contributed by atoms with E-state index in [1.807, 2.05) is 24.3 Å². The van der Waals surface area contributed by atoms with E-state index < -0.39 is 12.2 Å². The van der Waals surface area contributed by atoms with Crippen molar-refractivity contribution in [2.24, 2.45) is 0 Å². The lowest BCUT2D eigenvalue weighted by atomic mass is 9.96. The van der Waals surface area contributed by atoms with Crippen LogP contribution in [0, 0.1) is 0 Å². The van der Waals surface area contributed by atoms with Crippen molar-refractivity contribution < 1.29 is 19.7 Å². The van der Waals surface area contributed by atoms with Gasteiger partial charge in [0.2, 0.25) is 0 Å². The molecule has 1 aromatic rings. The highest BCUT2D eigenvalue weighted by atomic mass is 16.5. The summed E-state index contributed by atoms with van der Waals surface area (Å²) in [5.74, 6) is 0.809. The first-order chi connectivity index (χ1) is 8.24. The van der Waals surface area contributed by atoms with E-state index in [1.54, 1.807) is 7.11 Å². The number of benzene rings is 1. The van der Waals surface area contributed by atoms with Crippen LogP contribution in [0.15, 0.2) is 24.3 Å². The maximum Gasteiger partial charge on any atom is 0.118 e. The first-order valence-corrected chi connectivity index (χ1v) is 5.83. The van der Waals surface area contributed by atoms with Crippen LogP contribution in [-0.2, 0) is 4.74 Å². The van der Waals surface area contributed by atoms with E-state index in [0.717, 1.165) is 17.7 Å². The molecule has 1 heterocycles. The second-order valence-corrected chi connectivity index (χ2v) is 4.26. The van der Waals surface area contributed by atoms with Crippen molar-refractivity contribution in [1.29, 1.82) is 0 Å². The molecule has 1 aromatic carbocycles. The summed E-state index contributed by atoms with van der Waals surface area (Å²) in [5, 5.41) is 18.7. The molecular formula is C13H18O4. The predicted octanol–water partition coefficient (Wildman–Crippen LogP) is 1.27. The Morgan fingerprint density at radius 3 is 2.59 bits per heavy atom. The van der Waals surface area contributed by atoms with Crippen LogP contribution < -0.4 is 4.74 Å². The van der Waals surface area contributed by atoms with E-state index in [2.05, 4.69) is 0 Å². The Hall–Kier alpha value is -1.10. The molecule has 0 unspecified atom stereocenters. The van der Waals surface area contributed by atoms with E-state index in [9.17, 15) is 5.11 Å². The summed E-state index contributed by atoms with van der Waals surface area (Å²) in [5.41, 5.74) is 1.05. The third-order valence-electron chi connectivity index (χ3n) is 3.16. The third kappa shape index (κ3) is 2.77. The highest BCUT2D eigenvalue weighted by molar-refractivity contribution is 5.28. The zero-order valence-corrected chi connectivity index (χ0v) is 9.87. The number of hydrogen-bond acceptors (Lipinski definition) is 4. The van der Waals surface area contributed by atoms with Crippen molar-refractivity contribution in [3.8, 4) is 5.75 Å². The lowest BCUT2D eigenvalue weighted by Crippen LogP contribution is -2.38. The third-order valence-corrected chi connectivity index (χ3v) is 3.16. The molecule has 1 aliphatic heterocycles. The van der Waals surface area contributed by atoms with E-state index in [0.29, 0.717) is 6.42 Å². The standard InChI is InChI=1S/C13H18O4/c1-16-10-4-2-9(3-5-10)12-7-6-11(15)13(8-14)17-12/h2-5,11-15H,6-8H2,1H3/t11-,12+,13+/m0/s1. The summed E-state index contributed by atoms with van der Waals surface area (Å²) in [4.78, 5) is 0. The number of rotatable bonds is 3. The molecule has 17 heavy (non-hydrogen) atoms. The van der Waals surface area contributed by atoms with Crippen LogP contribution in [0.5, 0.6) is 5.75 Å². The van der Waals surface area contributed by atoms with Crippen molar-refractivity contribution in [3.63, 3.8) is 0 Å². The Labute approximate surface area is 101 Å². The number of methoxy groups -OCH3 is 1. The van der Waals surface area contributed by atoms with Gasteiger partial charge in [0.25, 0.3) is 0 Å². The summed E-state index contributed by atoms with van der Waals surface area (Å²) >= 11 is 0. The molecule has 2 rings (SSSR count). The molecule has 1 aliphatic rings. The average Bonchev–Trinajstić information content (AvgIpc) is 2.39. The van der Waals surface area contributed by atoms with Gasteiger partial charge < -0.3 is 19.7 Å². The van der Waals surface area contributed by atoms with Crippen LogP contribution in [0.1, 0.15) is 24.5 Å². The zero-order chi connectivity index (χ0) is 12.3. The topological polar surface area (TPSA) is 58.9 Å². The van der Waals surface area contributed by atoms with Crippen molar-refractivity contribution in [1.82, 2.24) is 0 Å². The van der Waals surface area contributed by atoms with Crippen LogP contribution in [0.2, 0.25) is 0 Å². The van der Waals surface area contributed by atoms with Gasteiger partial charge in [-0.1, -0.05) is 12.1 Å². The minimum atomic E-state index is -0.561. The smallest absolute Gasteiger partial charge is 0.118 e. The van der Waals surface area contributed by atoms with Gasteiger partial charge >= 0.3 is 0 Å². The van der Waals surface area contributed by atoms with Crippen molar-refractivity contribution in [2.75, 3.05) is 13.7 Å². The fraction of sp³-hybridized carbons (Fsp3) is 0.538. The van der Waals surface area contributed by atoms with Crippen LogP contribution in [0.3, 0.4) is 0 Å². The number of aliphatic hydroxyl groups excluding tert-OH is 2. The highest BCUT2D eigenvalue weighted by Gasteiger charge is 2.29. The van der Waals surface area contributed by atoms with Crippen LogP contribution in [0.25, 0.3) is 0 Å². The Morgan fingerprint density at radius 2 is 2.00 bits per heavy atom. The predicted molar refractivity (Wildman–Crippen MR) is 62.9 cm³/mol. The minimum absolute atomic E-state index is 0.0542. The van der Waals surface area contributed by atoms with Crippen molar-refractivity contribution >= 4 is 0 Å². The molecule has 4 nitrogen and oxygen atoms in total. The van der Waals surface area contributed by atoms with E-state index in [-0.39, 0.29) is 12.7 Å². The summed E-state index contributed by atoms with van der Waals surface area (Å²) in [6.07, 6.45) is 0.332. The number of aliphatic hydroxyl groups is 2. The molecule has 3 atom stereocenters. The molecule has 0 spiro atoms. The summed E-state index contributed by atoms with van der Waals surface area (Å²) in [6, 6.07) is 7.68. The molecule has 0 saturated carbocycles. The van der Waals surface area contributed by atoms with Gasteiger partial charge in [0.05, 0.1) is 25.9 Å². The molecular weight excluding hydrogens is 220 g/mol. The van der Waals surface area contributed by atoms with E-state index in [1.165, 1.54) is 0 Å². The Bertz CT molecular complexity index is 349. The Morgan fingerprint density at radius 1 is 1.29 bits per heavy atom. The number of hydrogen-bond donors (Lipinski definition) is 2. The van der Waals surface area contributed by atoms with Gasteiger partial charge in [-0.3, -0.25) is 0 Å². The van der Waals surface area contributed by atoms with Crippen LogP contribution in [0.4, 0.5) is 0 Å². The van der Waals surface area contributed by atoms with Crippen molar-refractivity contribution in [3.05, 3.63) is 29.8 Å². The molecule has 1 saturated heterocycles. The second-order valence-electron chi connectivity index (χ2n) is 4.26. The molecule has 4 heteroatoms. The second kappa shape index (κ2) is 5.49. The monoisotopic (exact) mass is 238 g/mol. The van der Waals surface area contributed by atoms with E-state index >= 15 is 0 Å². The first-order valence-electron chi connectivity index (χ1n) is 5.83. The molecule has 0 amide bonds. The molecule has 0 radical (unpaired) electrons. The fourth-order valence-electron chi connectivity index (χ4n) is 2.11. The fourth-order valence-corrected chi connectivity index (χ4v) is 2.11. The van der Waals surface area contributed by atoms with Crippen LogP contribution in [-0.4, -0.2) is 36.1 Å². The molecule has 1 fully saturated rings. The SMILES string of the molecule is COc1ccc([C@H]2CC[C@H](O)[C@@H](CO)O2)cc1.